The van der Waals surface area contributed by atoms with Gasteiger partial charge in [-0.1, -0.05) is 43.6 Å². The van der Waals surface area contributed by atoms with Crippen molar-refractivity contribution < 1.29 is 37.5 Å². The van der Waals surface area contributed by atoms with E-state index in [4.69, 9.17) is 4.74 Å². The smallest absolute Gasteiger partial charge is 0.414 e. The lowest BCUT2D eigenvalue weighted by molar-refractivity contribution is -0.155. The molecule has 4 N–H and O–H groups in total. The van der Waals surface area contributed by atoms with Crippen molar-refractivity contribution in [1.29, 1.82) is 0 Å². The molecule has 0 bridgehead atoms. The second-order valence-electron chi connectivity index (χ2n) is 10.4. The molecule has 1 heterocycles. The summed E-state index contributed by atoms with van der Waals surface area (Å²) in [6.45, 7) is 11.4. The lowest BCUT2D eigenvalue weighted by Gasteiger charge is -2.44. The zero-order valence-electron chi connectivity index (χ0n) is 22.3. The average Bonchev–Trinajstić information content (AvgIpc) is 2.77. The fourth-order valence-electron chi connectivity index (χ4n) is 5.33. The molecule has 0 unspecified atom stereocenters. The number of nitrogens with one attached hydrogen (secondary N) is 1. The van der Waals surface area contributed by atoms with E-state index in [1.54, 1.807) is 12.1 Å². The van der Waals surface area contributed by atoms with Crippen LogP contribution in [0.4, 0.5) is 4.79 Å². The highest BCUT2D eigenvalue weighted by atomic mass is 32.2. The van der Waals surface area contributed by atoms with Crippen LogP contribution in [-0.4, -0.2) is 51.8 Å². The number of carbonyl (C=O) groups excluding carboxylic acids is 2. The van der Waals surface area contributed by atoms with Gasteiger partial charge in [-0.25, -0.2) is 4.79 Å². The Labute approximate surface area is 224 Å². The number of unbranched alkanes of at least 4 members (excludes halogenated alkanes) is 2. The number of aromatic hydroxyl groups is 1. The van der Waals surface area contributed by atoms with Crippen LogP contribution in [0.15, 0.2) is 35.9 Å². The van der Waals surface area contributed by atoms with Gasteiger partial charge in [-0.3, -0.25) is 14.7 Å². The second-order valence-corrected chi connectivity index (χ2v) is 11.7. The minimum Gasteiger partial charge on any atom is -0.507 e. The number of phenolic OH excluding ortho intramolecular Hbond substituents is 1. The van der Waals surface area contributed by atoms with Crippen LogP contribution in [-0.2, 0) is 21.5 Å². The van der Waals surface area contributed by atoms with Gasteiger partial charge in [0.2, 0.25) is 5.91 Å². The van der Waals surface area contributed by atoms with E-state index in [0.717, 1.165) is 48.8 Å². The average molecular weight is 551 g/mol. The molecule has 1 aromatic rings. The van der Waals surface area contributed by atoms with E-state index in [9.17, 15) is 32.8 Å². The van der Waals surface area contributed by atoms with Crippen molar-refractivity contribution in [2.75, 3.05) is 0 Å². The molecule has 11 heteroatoms. The van der Waals surface area contributed by atoms with Gasteiger partial charge in [-0.2, -0.15) is 12.7 Å². The van der Waals surface area contributed by atoms with Gasteiger partial charge in [0.15, 0.2) is 0 Å². The minimum absolute atomic E-state index is 0.000140. The number of benzene rings is 1. The Bertz CT molecular complexity index is 1220. The molecule has 210 valence electrons. The Hall–Kier alpha value is -2.89. The number of ether oxygens (including phenoxy) is 1. The predicted octanol–water partition coefficient (Wildman–Crippen LogP) is 4.20. The van der Waals surface area contributed by atoms with Crippen LogP contribution in [0.25, 0.3) is 0 Å². The van der Waals surface area contributed by atoms with Gasteiger partial charge in [0.05, 0.1) is 6.10 Å². The highest BCUT2D eigenvalue weighted by Crippen LogP contribution is 2.47. The highest BCUT2D eigenvalue weighted by molar-refractivity contribution is 7.84. The molecule has 2 aliphatic rings. The molecule has 1 aliphatic heterocycles. The number of aliphatic hydroxyl groups excluding tert-OH is 1. The van der Waals surface area contributed by atoms with E-state index in [1.165, 1.54) is 6.92 Å². The zero-order valence-corrected chi connectivity index (χ0v) is 23.1. The summed E-state index contributed by atoms with van der Waals surface area (Å²) in [6.07, 6.45) is 3.33. The van der Waals surface area contributed by atoms with Crippen molar-refractivity contribution in [1.82, 2.24) is 9.62 Å². The van der Waals surface area contributed by atoms with Crippen LogP contribution in [0, 0.1) is 11.8 Å². The fraction of sp³-hybridized carbons (Fsp3) is 0.556. The van der Waals surface area contributed by atoms with Crippen LogP contribution in [0.2, 0.25) is 0 Å². The second kappa shape index (κ2) is 11.9. The summed E-state index contributed by atoms with van der Waals surface area (Å²) in [7, 11) is -4.98. The number of allylic oxidation sites excluding steroid dienone is 3. The Morgan fingerprint density at radius 2 is 2.00 bits per heavy atom. The van der Waals surface area contributed by atoms with E-state index in [2.05, 4.69) is 18.8 Å². The first-order valence-electron chi connectivity index (χ1n) is 12.9. The maximum atomic E-state index is 13.0. The van der Waals surface area contributed by atoms with Crippen molar-refractivity contribution in [3.63, 3.8) is 0 Å². The Morgan fingerprint density at radius 3 is 2.58 bits per heavy atom. The lowest BCUT2D eigenvalue weighted by atomic mass is 9.73. The number of phenols is 1. The van der Waals surface area contributed by atoms with Gasteiger partial charge in [0.25, 0.3) is 0 Å². The third kappa shape index (κ3) is 6.39. The molecule has 3 rings (SSSR count). The summed E-state index contributed by atoms with van der Waals surface area (Å²) in [5.41, 5.74) is 3.24. The molecule has 0 spiro atoms. The van der Waals surface area contributed by atoms with Crippen LogP contribution < -0.4 is 10.1 Å². The molecule has 1 fully saturated rings. The van der Waals surface area contributed by atoms with E-state index >= 15 is 0 Å². The summed E-state index contributed by atoms with van der Waals surface area (Å²) in [5.74, 6) is -2.55. The number of β-lactam (4-membered cyclic amide) rings is 1. The Balaban J connectivity index is 1.98. The number of nitrogens with zero attached hydrogens (tertiary/aromatic N) is 1. The molecular formula is C27H38N2O8S. The summed E-state index contributed by atoms with van der Waals surface area (Å²) in [4.78, 5) is 25.2. The molecule has 1 saturated heterocycles. The number of hydrogen-bond donors (Lipinski definition) is 4. The normalized spacial score (nSPS) is 24.3. The SMILES string of the molecule is C=C(C)[C@@H]1CCC(C)=C[C@H]1c1c(O)cc(CCCCC)cc1OC(=O)N[C@@H]1[C@@H]([C@@H](C)O)C(=O)N1S(=O)(=O)O. The van der Waals surface area contributed by atoms with Crippen molar-refractivity contribution in [3.05, 3.63) is 47.1 Å². The van der Waals surface area contributed by atoms with Crippen molar-refractivity contribution in [3.8, 4) is 11.5 Å². The zero-order chi connectivity index (χ0) is 28.4. The fourth-order valence-corrected chi connectivity index (χ4v) is 6.15. The predicted molar refractivity (Wildman–Crippen MR) is 142 cm³/mol. The topological polar surface area (TPSA) is 153 Å². The molecule has 0 saturated carbocycles. The van der Waals surface area contributed by atoms with Crippen molar-refractivity contribution in [2.24, 2.45) is 11.8 Å². The first-order valence-corrected chi connectivity index (χ1v) is 14.3. The van der Waals surface area contributed by atoms with E-state index < -0.39 is 40.5 Å². The third-order valence-electron chi connectivity index (χ3n) is 7.29. The molecule has 0 radical (unpaired) electrons. The van der Waals surface area contributed by atoms with Crippen LogP contribution in [0.5, 0.6) is 11.5 Å². The molecule has 1 aromatic carbocycles. The quantitative estimate of drug-likeness (QED) is 0.146. The Kier molecular flexibility index (Phi) is 9.27. The largest absolute Gasteiger partial charge is 0.507 e. The molecule has 2 amide bonds. The number of aliphatic hydroxyl groups is 1. The van der Waals surface area contributed by atoms with Crippen LogP contribution >= 0.6 is 0 Å². The van der Waals surface area contributed by atoms with Gasteiger partial charge in [0, 0.05) is 11.5 Å². The number of aryl methyl sites for hydroxylation is 1. The van der Waals surface area contributed by atoms with Gasteiger partial charge < -0.3 is 14.9 Å². The maximum absolute atomic E-state index is 13.0. The molecule has 5 atom stereocenters. The number of hydrogen-bond acceptors (Lipinski definition) is 7. The monoisotopic (exact) mass is 550 g/mol. The molecule has 10 nitrogen and oxygen atoms in total. The molecular weight excluding hydrogens is 512 g/mol. The van der Waals surface area contributed by atoms with E-state index in [0.29, 0.717) is 12.0 Å². The Morgan fingerprint density at radius 1 is 1.32 bits per heavy atom. The summed E-state index contributed by atoms with van der Waals surface area (Å²) < 4.78 is 38.6. The van der Waals surface area contributed by atoms with Crippen molar-refractivity contribution >= 4 is 22.3 Å². The van der Waals surface area contributed by atoms with Crippen LogP contribution in [0.1, 0.15) is 76.8 Å². The standard InChI is InChI=1S/C27H38N2O8S/c1-6-7-8-9-18-13-21(31)24(20-12-16(4)10-11-19(20)15(2)3)22(14-18)37-27(33)28-25-23(17(5)30)26(32)29(25)38(34,35)36/h12-14,17,19-20,23,25,30-31H,2,6-11H2,1,3-5H3,(H,28,33)(H,34,35,36)/t17-,19+,20-,23-,25+/m1/s1. The summed E-state index contributed by atoms with van der Waals surface area (Å²) in [5, 5.41) is 23.4. The third-order valence-corrected chi connectivity index (χ3v) is 8.20. The molecule has 38 heavy (non-hydrogen) atoms. The van der Waals surface area contributed by atoms with Gasteiger partial charge >= 0.3 is 16.4 Å². The first kappa shape index (κ1) is 29.7. The minimum atomic E-state index is -4.98. The summed E-state index contributed by atoms with van der Waals surface area (Å²) in [6, 6.07) is 3.37. The van der Waals surface area contributed by atoms with Crippen molar-refractivity contribution in [2.45, 2.75) is 84.4 Å². The number of amides is 2. The maximum Gasteiger partial charge on any atom is 0.414 e. The number of carbonyl (C=O) groups is 2. The molecule has 1 aliphatic carbocycles. The highest BCUT2D eigenvalue weighted by Gasteiger charge is 2.56. The van der Waals surface area contributed by atoms with Gasteiger partial charge in [-0.05, 0) is 70.1 Å². The summed E-state index contributed by atoms with van der Waals surface area (Å²) >= 11 is 0. The lowest BCUT2D eigenvalue weighted by Crippen LogP contribution is -2.71. The van der Waals surface area contributed by atoms with Crippen LogP contribution in [0.3, 0.4) is 0 Å². The van der Waals surface area contributed by atoms with E-state index in [1.807, 2.05) is 19.9 Å². The van der Waals surface area contributed by atoms with E-state index in [-0.39, 0.29) is 27.6 Å². The first-order chi connectivity index (χ1) is 17.8. The van der Waals surface area contributed by atoms with Gasteiger partial charge in [-0.15, -0.1) is 0 Å². The number of rotatable bonds is 10. The molecule has 0 aromatic heterocycles. The van der Waals surface area contributed by atoms with Gasteiger partial charge in [0.1, 0.15) is 23.6 Å².